The summed E-state index contributed by atoms with van der Waals surface area (Å²) in [5.74, 6) is 0.287. The first-order valence-electron chi connectivity index (χ1n) is 5.89. The number of nitro groups is 1. The van der Waals surface area contributed by atoms with Crippen LogP contribution in [0.1, 0.15) is 6.92 Å². The molecule has 7 nitrogen and oxygen atoms in total. The first kappa shape index (κ1) is 13.3. The minimum Gasteiger partial charge on any atom is -0.410 e. The molecule has 7 heteroatoms. The van der Waals surface area contributed by atoms with Crippen LogP contribution in [0.25, 0.3) is 0 Å². The Bertz CT molecular complexity index is 474. The van der Waals surface area contributed by atoms with Gasteiger partial charge in [0.25, 0.3) is 5.69 Å². The Labute approximate surface area is 109 Å². The van der Waals surface area contributed by atoms with Crippen molar-refractivity contribution in [2.24, 2.45) is 0 Å². The van der Waals surface area contributed by atoms with E-state index in [1.807, 2.05) is 6.92 Å². The minimum atomic E-state index is -0.505. The first-order valence-corrected chi connectivity index (χ1v) is 5.89. The van der Waals surface area contributed by atoms with Gasteiger partial charge in [-0.05, 0) is 19.1 Å². The summed E-state index contributed by atoms with van der Waals surface area (Å²) in [6.45, 7) is 3.32. The van der Waals surface area contributed by atoms with E-state index in [1.165, 1.54) is 24.3 Å². The number of nitro benzene ring substituents is 1. The monoisotopic (exact) mass is 266 g/mol. The van der Waals surface area contributed by atoms with Gasteiger partial charge in [0, 0.05) is 18.7 Å². The number of ether oxygens (including phenoxy) is 2. The van der Waals surface area contributed by atoms with E-state index >= 15 is 0 Å². The maximum absolute atomic E-state index is 11.8. The molecule has 1 saturated heterocycles. The van der Waals surface area contributed by atoms with Gasteiger partial charge >= 0.3 is 6.09 Å². The maximum atomic E-state index is 11.8. The zero-order chi connectivity index (χ0) is 13.8. The van der Waals surface area contributed by atoms with Gasteiger partial charge in [-0.25, -0.2) is 4.79 Å². The summed E-state index contributed by atoms with van der Waals surface area (Å²) in [4.78, 5) is 23.4. The van der Waals surface area contributed by atoms with E-state index in [0.717, 1.165) is 0 Å². The number of amides is 1. The number of benzene rings is 1. The van der Waals surface area contributed by atoms with Crippen molar-refractivity contribution >= 4 is 11.8 Å². The highest BCUT2D eigenvalue weighted by atomic mass is 16.6. The van der Waals surface area contributed by atoms with Crippen LogP contribution in [0.15, 0.2) is 24.3 Å². The molecule has 1 heterocycles. The van der Waals surface area contributed by atoms with Crippen molar-refractivity contribution in [2.45, 2.75) is 13.0 Å². The Morgan fingerprint density at radius 3 is 2.74 bits per heavy atom. The van der Waals surface area contributed by atoms with Crippen LogP contribution in [0.2, 0.25) is 0 Å². The van der Waals surface area contributed by atoms with Gasteiger partial charge in [-0.1, -0.05) is 0 Å². The topological polar surface area (TPSA) is 81.9 Å². The van der Waals surface area contributed by atoms with Crippen molar-refractivity contribution < 1.29 is 19.2 Å². The van der Waals surface area contributed by atoms with E-state index in [2.05, 4.69) is 0 Å². The number of hydrogen-bond donors (Lipinski definition) is 0. The highest BCUT2D eigenvalue weighted by Gasteiger charge is 2.23. The quantitative estimate of drug-likeness (QED) is 0.602. The Hall–Kier alpha value is -2.15. The lowest BCUT2D eigenvalue weighted by atomic mass is 10.3. The molecular weight excluding hydrogens is 252 g/mol. The highest BCUT2D eigenvalue weighted by Crippen LogP contribution is 2.18. The third-order valence-corrected chi connectivity index (χ3v) is 2.75. The summed E-state index contributed by atoms with van der Waals surface area (Å²) in [5.41, 5.74) is -0.0419. The lowest BCUT2D eigenvalue weighted by Gasteiger charge is -2.30. The molecule has 0 aromatic heterocycles. The Morgan fingerprint density at radius 2 is 2.16 bits per heavy atom. The lowest BCUT2D eigenvalue weighted by molar-refractivity contribution is -0.384. The first-order chi connectivity index (χ1) is 9.06. The van der Waals surface area contributed by atoms with E-state index in [4.69, 9.17) is 9.47 Å². The molecule has 1 aliphatic rings. The normalized spacial score (nSPS) is 19.0. The molecule has 19 heavy (non-hydrogen) atoms. The molecule has 1 aliphatic heterocycles. The molecule has 1 aromatic rings. The van der Waals surface area contributed by atoms with Crippen LogP contribution in [0.3, 0.4) is 0 Å². The van der Waals surface area contributed by atoms with Crippen molar-refractivity contribution in [2.75, 3.05) is 19.7 Å². The van der Waals surface area contributed by atoms with Crippen LogP contribution >= 0.6 is 0 Å². The molecule has 0 radical (unpaired) electrons. The largest absolute Gasteiger partial charge is 0.415 e. The average Bonchev–Trinajstić information content (AvgIpc) is 2.39. The molecular formula is C12H14N2O5. The molecule has 0 aliphatic carbocycles. The van der Waals surface area contributed by atoms with E-state index in [-0.39, 0.29) is 17.5 Å². The SMILES string of the molecule is C[C@@H]1CN(C(=O)Oc2ccc([N+](=O)[O-])cc2)CCO1. The third-order valence-electron chi connectivity index (χ3n) is 2.75. The summed E-state index contributed by atoms with van der Waals surface area (Å²) < 4.78 is 10.5. The van der Waals surface area contributed by atoms with Gasteiger partial charge in [0.05, 0.1) is 24.2 Å². The smallest absolute Gasteiger partial charge is 0.410 e. The average molecular weight is 266 g/mol. The Balaban J connectivity index is 1.96. The van der Waals surface area contributed by atoms with Gasteiger partial charge in [-0.15, -0.1) is 0 Å². The molecule has 102 valence electrons. The van der Waals surface area contributed by atoms with E-state index in [0.29, 0.717) is 19.7 Å². The molecule has 1 atom stereocenters. The number of carbonyl (C=O) groups excluding carboxylic acids is 1. The summed E-state index contributed by atoms with van der Waals surface area (Å²) in [7, 11) is 0. The highest BCUT2D eigenvalue weighted by molar-refractivity contribution is 5.70. The molecule has 0 N–H and O–H groups in total. The molecule has 2 rings (SSSR count). The number of rotatable bonds is 2. The molecule has 1 amide bonds. The van der Waals surface area contributed by atoms with E-state index in [9.17, 15) is 14.9 Å². The van der Waals surface area contributed by atoms with Gasteiger partial charge < -0.3 is 14.4 Å². The predicted octanol–water partition coefficient (Wildman–Crippen LogP) is 1.81. The number of hydrogen-bond acceptors (Lipinski definition) is 5. The van der Waals surface area contributed by atoms with Crippen molar-refractivity contribution in [1.29, 1.82) is 0 Å². The fraction of sp³-hybridized carbons (Fsp3) is 0.417. The molecule has 0 spiro atoms. The molecule has 0 bridgehead atoms. The van der Waals surface area contributed by atoms with Crippen LogP contribution in [0, 0.1) is 10.1 Å². The third kappa shape index (κ3) is 3.41. The van der Waals surface area contributed by atoms with Crippen LogP contribution < -0.4 is 4.74 Å². The summed E-state index contributed by atoms with van der Waals surface area (Å²) in [6.07, 6.45) is -0.484. The van der Waals surface area contributed by atoms with Crippen molar-refractivity contribution in [3.8, 4) is 5.75 Å². The van der Waals surface area contributed by atoms with Gasteiger partial charge in [-0.2, -0.15) is 0 Å². The van der Waals surface area contributed by atoms with Crippen LogP contribution in [-0.2, 0) is 4.74 Å². The number of morpholine rings is 1. The van der Waals surface area contributed by atoms with Crippen molar-refractivity contribution in [3.05, 3.63) is 34.4 Å². The van der Waals surface area contributed by atoms with Gasteiger partial charge in [0.1, 0.15) is 5.75 Å². The van der Waals surface area contributed by atoms with Crippen molar-refractivity contribution in [3.63, 3.8) is 0 Å². The van der Waals surface area contributed by atoms with Crippen LogP contribution in [0.4, 0.5) is 10.5 Å². The molecule has 0 saturated carbocycles. The minimum absolute atomic E-state index is 0.0156. The lowest BCUT2D eigenvalue weighted by Crippen LogP contribution is -2.45. The molecule has 0 unspecified atom stereocenters. The summed E-state index contributed by atoms with van der Waals surface area (Å²) in [6, 6.07) is 5.40. The fourth-order valence-corrected chi connectivity index (χ4v) is 1.79. The molecule has 1 fully saturated rings. The zero-order valence-electron chi connectivity index (χ0n) is 10.4. The van der Waals surface area contributed by atoms with Gasteiger partial charge in [0.15, 0.2) is 0 Å². The Morgan fingerprint density at radius 1 is 1.47 bits per heavy atom. The second kappa shape index (κ2) is 5.66. The summed E-state index contributed by atoms with van der Waals surface area (Å²) >= 11 is 0. The number of non-ortho nitro benzene ring substituents is 1. The predicted molar refractivity (Wildman–Crippen MR) is 66.1 cm³/mol. The second-order valence-electron chi connectivity index (χ2n) is 4.25. The Kier molecular flexibility index (Phi) is 3.96. The fourth-order valence-electron chi connectivity index (χ4n) is 1.79. The maximum Gasteiger partial charge on any atom is 0.415 e. The van der Waals surface area contributed by atoms with Crippen LogP contribution in [0.5, 0.6) is 5.75 Å². The second-order valence-corrected chi connectivity index (χ2v) is 4.25. The standard InChI is InChI=1S/C12H14N2O5/c1-9-8-13(6-7-18-9)12(15)19-11-4-2-10(3-5-11)14(16)17/h2-5,9H,6-8H2,1H3/t9-/m1/s1. The number of carbonyl (C=O) groups is 1. The van der Waals surface area contributed by atoms with Crippen LogP contribution in [-0.4, -0.2) is 41.7 Å². The summed E-state index contributed by atoms with van der Waals surface area (Å²) in [5, 5.41) is 10.5. The van der Waals surface area contributed by atoms with Gasteiger partial charge in [0.2, 0.25) is 0 Å². The van der Waals surface area contributed by atoms with Crippen molar-refractivity contribution in [1.82, 2.24) is 4.90 Å². The number of nitrogens with zero attached hydrogens (tertiary/aromatic N) is 2. The van der Waals surface area contributed by atoms with E-state index in [1.54, 1.807) is 4.90 Å². The van der Waals surface area contributed by atoms with Gasteiger partial charge in [-0.3, -0.25) is 10.1 Å². The zero-order valence-corrected chi connectivity index (χ0v) is 10.4. The van der Waals surface area contributed by atoms with E-state index < -0.39 is 11.0 Å². The molecule has 1 aromatic carbocycles.